The number of hydrogen-bond donors (Lipinski definition) is 1. The molecule has 1 unspecified atom stereocenters. The highest BCUT2D eigenvalue weighted by Gasteiger charge is 2.49. The van der Waals surface area contributed by atoms with Crippen LogP contribution in [0.15, 0.2) is 24.3 Å². The van der Waals surface area contributed by atoms with Gasteiger partial charge in [-0.3, -0.25) is 4.90 Å². The van der Waals surface area contributed by atoms with Crippen LogP contribution in [-0.4, -0.2) is 29.7 Å². The van der Waals surface area contributed by atoms with E-state index in [1.54, 1.807) is 11.0 Å². The fraction of sp³-hybridized carbons (Fsp3) is 0.562. The van der Waals surface area contributed by atoms with Crippen molar-refractivity contribution in [2.45, 2.75) is 44.8 Å². The first kappa shape index (κ1) is 15.8. The molecule has 0 bridgehead atoms. The lowest BCUT2D eigenvalue weighted by molar-refractivity contribution is -0.0505. The van der Waals surface area contributed by atoms with E-state index >= 15 is 0 Å². The summed E-state index contributed by atoms with van der Waals surface area (Å²) >= 11 is 0. The van der Waals surface area contributed by atoms with Crippen molar-refractivity contribution in [2.75, 3.05) is 13.1 Å². The summed E-state index contributed by atoms with van der Waals surface area (Å²) in [5, 5.41) is 0. The zero-order valence-electron chi connectivity index (χ0n) is 12.9. The lowest BCUT2D eigenvalue weighted by Crippen LogP contribution is -2.61. The molecule has 116 valence electrons. The second-order valence-electron chi connectivity index (χ2n) is 6.46. The molecule has 2 rings (SSSR count). The molecule has 1 amide bonds. The van der Waals surface area contributed by atoms with E-state index in [1.807, 2.05) is 26.8 Å². The Balaban J connectivity index is 2.29. The van der Waals surface area contributed by atoms with Gasteiger partial charge in [-0.25, -0.2) is 9.18 Å². The van der Waals surface area contributed by atoms with Crippen LogP contribution in [0, 0.1) is 5.82 Å². The molecule has 1 aromatic rings. The second kappa shape index (κ2) is 5.64. The Kier molecular flexibility index (Phi) is 4.23. The van der Waals surface area contributed by atoms with Gasteiger partial charge in [-0.05, 0) is 57.9 Å². The van der Waals surface area contributed by atoms with Crippen LogP contribution in [0.4, 0.5) is 9.18 Å². The molecule has 5 heteroatoms. The number of ether oxygens (including phenoxy) is 1. The number of benzene rings is 1. The Hall–Kier alpha value is -1.62. The molecule has 0 radical (unpaired) electrons. The molecule has 1 heterocycles. The average molecular weight is 294 g/mol. The second-order valence-corrected chi connectivity index (χ2v) is 6.46. The van der Waals surface area contributed by atoms with Crippen molar-refractivity contribution < 1.29 is 13.9 Å². The van der Waals surface area contributed by atoms with Gasteiger partial charge in [0.25, 0.3) is 0 Å². The molecule has 0 aliphatic carbocycles. The van der Waals surface area contributed by atoms with E-state index in [-0.39, 0.29) is 11.9 Å². The zero-order valence-corrected chi connectivity index (χ0v) is 12.9. The maximum atomic E-state index is 13.5. The molecule has 0 spiro atoms. The van der Waals surface area contributed by atoms with Crippen molar-refractivity contribution in [3.8, 4) is 0 Å². The van der Waals surface area contributed by atoms with Crippen molar-refractivity contribution in [1.82, 2.24) is 4.90 Å². The minimum absolute atomic E-state index is 0.306. The van der Waals surface area contributed by atoms with Crippen LogP contribution in [0.25, 0.3) is 0 Å². The lowest BCUT2D eigenvalue weighted by Gasteiger charge is -2.53. The Morgan fingerprint density at radius 2 is 2.19 bits per heavy atom. The maximum Gasteiger partial charge on any atom is 0.411 e. The summed E-state index contributed by atoms with van der Waals surface area (Å²) in [6.45, 7) is 6.52. The van der Waals surface area contributed by atoms with Gasteiger partial charge in [0.1, 0.15) is 11.4 Å². The maximum absolute atomic E-state index is 13.5. The number of halogens is 1. The van der Waals surface area contributed by atoms with Crippen molar-refractivity contribution in [3.63, 3.8) is 0 Å². The van der Waals surface area contributed by atoms with Gasteiger partial charge in [0.2, 0.25) is 0 Å². The third-order valence-electron chi connectivity index (χ3n) is 3.80. The van der Waals surface area contributed by atoms with Crippen molar-refractivity contribution in [3.05, 3.63) is 35.6 Å². The molecular formula is C16H23FN2O2. The van der Waals surface area contributed by atoms with E-state index in [0.717, 1.165) is 12.0 Å². The molecule has 1 aliphatic heterocycles. The fourth-order valence-corrected chi connectivity index (χ4v) is 2.80. The SMILES string of the molecule is CC(C)(C)OC(=O)N1CCC1(CCN)c1cccc(F)c1. The predicted molar refractivity (Wildman–Crippen MR) is 79.3 cm³/mol. The normalized spacial score (nSPS) is 21.9. The summed E-state index contributed by atoms with van der Waals surface area (Å²) in [6, 6.07) is 6.38. The number of amides is 1. The summed E-state index contributed by atoms with van der Waals surface area (Å²) in [5.41, 5.74) is 5.40. The Morgan fingerprint density at radius 3 is 2.67 bits per heavy atom. The summed E-state index contributed by atoms with van der Waals surface area (Å²) in [7, 11) is 0. The first-order valence-corrected chi connectivity index (χ1v) is 7.25. The highest BCUT2D eigenvalue weighted by Crippen LogP contribution is 2.44. The first-order chi connectivity index (χ1) is 9.78. The zero-order chi connectivity index (χ0) is 15.7. The lowest BCUT2D eigenvalue weighted by atomic mass is 9.76. The number of carbonyl (C=O) groups is 1. The van der Waals surface area contributed by atoms with Crippen molar-refractivity contribution in [1.29, 1.82) is 0 Å². The van der Waals surface area contributed by atoms with E-state index in [2.05, 4.69) is 0 Å². The molecule has 1 saturated heterocycles. The molecular weight excluding hydrogens is 271 g/mol. The number of nitrogens with zero attached hydrogens (tertiary/aromatic N) is 1. The van der Waals surface area contributed by atoms with Gasteiger partial charge in [-0.1, -0.05) is 12.1 Å². The van der Waals surface area contributed by atoms with Crippen LogP contribution < -0.4 is 5.73 Å². The van der Waals surface area contributed by atoms with E-state index in [9.17, 15) is 9.18 Å². The minimum atomic E-state index is -0.553. The summed E-state index contributed by atoms with van der Waals surface area (Å²) < 4.78 is 19.0. The summed E-state index contributed by atoms with van der Waals surface area (Å²) in [4.78, 5) is 14.0. The molecule has 21 heavy (non-hydrogen) atoms. The van der Waals surface area contributed by atoms with Crippen molar-refractivity contribution >= 4 is 6.09 Å². The Labute approximate surface area is 125 Å². The predicted octanol–water partition coefficient (Wildman–Crippen LogP) is 3.01. The third kappa shape index (κ3) is 3.18. The molecule has 1 aromatic carbocycles. The van der Waals surface area contributed by atoms with E-state index in [1.165, 1.54) is 12.1 Å². The number of likely N-dealkylation sites (tertiary alicyclic amines) is 1. The van der Waals surface area contributed by atoms with Gasteiger partial charge in [-0.2, -0.15) is 0 Å². The Bertz CT molecular complexity index is 527. The molecule has 0 aromatic heterocycles. The van der Waals surface area contributed by atoms with Crippen LogP contribution in [0.5, 0.6) is 0 Å². The smallest absolute Gasteiger partial charge is 0.411 e. The third-order valence-corrected chi connectivity index (χ3v) is 3.80. The fourth-order valence-electron chi connectivity index (χ4n) is 2.80. The molecule has 4 nitrogen and oxygen atoms in total. The molecule has 1 fully saturated rings. The van der Waals surface area contributed by atoms with Crippen LogP contribution in [0.2, 0.25) is 0 Å². The first-order valence-electron chi connectivity index (χ1n) is 7.25. The monoisotopic (exact) mass is 294 g/mol. The largest absolute Gasteiger partial charge is 0.444 e. The van der Waals surface area contributed by atoms with Crippen LogP contribution in [0.1, 0.15) is 39.2 Å². The summed E-state index contributed by atoms with van der Waals surface area (Å²) in [5.74, 6) is -0.306. The topological polar surface area (TPSA) is 55.6 Å². The van der Waals surface area contributed by atoms with Crippen LogP contribution in [-0.2, 0) is 10.3 Å². The van der Waals surface area contributed by atoms with Crippen LogP contribution in [0.3, 0.4) is 0 Å². The number of carbonyl (C=O) groups excluding carboxylic acids is 1. The van der Waals surface area contributed by atoms with Gasteiger partial charge >= 0.3 is 6.09 Å². The molecule has 0 saturated carbocycles. The number of rotatable bonds is 3. The van der Waals surface area contributed by atoms with Gasteiger partial charge in [0.05, 0.1) is 5.54 Å². The molecule has 1 atom stereocenters. The average Bonchev–Trinajstić information content (AvgIpc) is 2.32. The molecule has 2 N–H and O–H groups in total. The highest BCUT2D eigenvalue weighted by molar-refractivity contribution is 5.71. The van der Waals surface area contributed by atoms with Gasteiger partial charge in [0.15, 0.2) is 0 Å². The van der Waals surface area contributed by atoms with E-state index < -0.39 is 11.1 Å². The van der Waals surface area contributed by atoms with Crippen LogP contribution >= 0.6 is 0 Å². The summed E-state index contributed by atoms with van der Waals surface area (Å²) in [6.07, 6.45) is 0.995. The van der Waals surface area contributed by atoms with Crippen molar-refractivity contribution in [2.24, 2.45) is 5.73 Å². The Morgan fingerprint density at radius 1 is 1.48 bits per heavy atom. The van der Waals surface area contributed by atoms with E-state index in [4.69, 9.17) is 10.5 Å². The van der Waals surface area contributed by atoms with Gasteiger partial charge < -0.3 is 10.5 Å². The standard InChI is InChI=1S/C16H23FN2O2/c1-15(2,3)21-14(20)19-10-8-16(19,7-9-18)12-5-4-6-13(17)11-12/h4-6,11H,7-10,18H2,1-3H3. The minimum Gasteiger partial charge on any atom is -0.444 e. The van der Waals surface area contributed by atoms with Gasteiger partial charge in [-0.15, -0.1) is 0 Å². The van der Waals surface area contributed by atoms with Gasteiger partial charge in [0, 0.05) is 6.54 Å². The quantitative estimate of drug-likeness (QED) is 0.932. The highest BCUT2D eigenvalue weighted by atomic mass is 19.1. The number of hydrogen-bond acceptors (Lipinski definition) is 3. The number of nitrogens with two attached hydrogens (primary N) is 1. The molecule has 1 aliphatic rings. The van der Waals surface area contributed by atoms with E-state index in [0.29, 0.717) is 19.5 Å².